The molecule has 0 spiro atoms. The van der Waals surface area contributed by atoms with Crippen LogP contribution in [0, 0.1) is 52.3 Å². The molecule has 2 N–H and O–H groups in total. The van der Waals surface area contributed by atoms with Gasteiger partial charge in [0.25, 0.3) is 0 Å². The molecule has 0 aliphatic heterocycles. The Morgan fingerprint density at radius 3 is 2.35 bits per heavy atom. The van der Waals surface area contributed by atoms with E-state index in [1.807, 2.05) is 13.8 Å². The zero-order valence-electron chi connectivity index (χ0n) is 20.5. The highest BCUT2D eigenvalue weighted by atomic mass is 16.5. The van der Waals surface area contributed by atoms with Gasteiger partial charge in [0.1, 0.15) is 12.6 Å². The van der Waals surface area contributed by atoms with Crippen molar-refractivity contribution in [2.75, 3.05) is 6.61 Å². The molecule has 4 aliphatic carbocycles. The van der Waals surface area contributed by atoms with E-state index in [-0.39, 0.29) is 29.6 Å². The van der Waals surface area contributed by atoms with Gasteiger partial charge in [0, 0.05) is 5.92 Å². The topological polar surface area (TPSA) is 69.4 Å². The Kier molecular flexibility index (Phi) is 6.35. The monoisotopic (exact) mass is 431 g/mol. The lowest BCUT2D eigenvalue weighted by atomic mass is 9.44. The first-order valence-corrected chi connectivity index (χ1v) is 13.0. The summed E-state index contributed by atoms with van der Waals surface area (Å²) in [7, 11) is 0. The van der Waals surface area contributed by atoms with Gasteiger partial charge in [-0.1, -0.05) is 41.0 Å². The van der Waals surface area contributed by atoms with Gasteiger partial charge >= 0.3 is 5.97 Å². The number of fused-ring (bicyclic) bond motifs is 5. The molecule has 0 aromatic rings. The van der Waals surface area contributed by atoms with Crippen molar-refractivity contribution < 1.29 is 14.3 Å². The molecule has 4 fully saturated rings. The molecule has 0 saturated heterocycles. The second-order valence-electron chi connectivity index (χ2n) is 12.6. The first-order valence-electron chi connectivity index (χ1n) is 13.0. The number of esters is 1. The summed E-state index contributed by atoms with van der Waals surface area (Å²) in [4.78, 5) is 25.3. The smallest absolute Gasteiger partial charge is 0.323 e. The predicted molar refractivity (Wildman–Crippen MR) is 123 cm³/mol. The van der Waals surface area contributed by atoms with E-state index in [1.54, 1.807) is 0 Å². The number of carbonyl (C=O) groups is 2. The molecule has 9 atom stereocenters. The Balaban J connectivity index is 1.43. The first-order chi connectivity index (χ1) is 14.6. The fourth-order valence-corrected chi connectivity index (χ4v) is 8.61. The highest BCUT2D eigenvalue weighted by molar-refractivity contribution is 5.86. The van der Waals surface area contributed by atoms with Crippen LogP contribution >= 0.6 is 0 Å². The van der Waals surface area contributed by atoms with E-state index in [0.29, 0.717) is 11.3 Å². The van der Waals surface area contributed by atoms with Crippen LogP contribution in [0.5, 0.6) is 0 Å². The van der Waals surface area contributed by atoms with Gasteiger partial charge < -0.3 is 10.5 Å². The minimum Gasteiger partial charge on any atom is -0.457 e. The Bertz CT molecular complexity index is 705. The molecular formula is C27H45NO3. The van der Waals surface area contributed by atoms with Crippen LogP contribution in [0.2, 0.25) is 0 Å². The van der Waals surface area contributed by atoms with E-state index in [2.05, 4.69) is 20.8 Å². The summed E-state index contributed by atoms with van der Waals surface area (Å²) in [6.07, 6.45) is 11.5. The van der Waals surface area contributed by atoms with E-state index in [0.717, 1.165) is 36.5 Å². The fourth-order valence-electron chi connectivity index (χ4n) is 8.61. The van der Waals surface area contributed by atoms with E-state index < -0.39 is 12.0 Å². The average Bonchev–Trinajstić information content (AvgIpc) is 3.09. The van der Waals surface area contributed by atoms with Crippen molar-refractivity contribution >= 4 is 11.8 Å². The number of hydrogen-bond acceptors (Lipinski definition) is 4. The van der Waals surface area contributed by atoms with E-state index >= 15 is 0 Å². The van der Waals surface area contributed by atoms with Crippen molar-refractivity contribution in [3.8, 4) is 0 Å². The van der Waals surface area contributed by atoms with Crippen LogP contribution in [0.3, 0.4) is 0 Å². The van der Waals surface area contributed by atoms with Crippen LogP contribution < -0.4 is 5.73 Å². The highest BCUT2D eigenvalue weighted by Crippen LogP contribution is 2.67. The summed E-state index contributed by atoms with van der Waals surface area (Å²) in [6, 6.07) is -0.649. The van der Waals surface area contributed by atoms with Crippen molar-refractivity contribution in [3.05, 3.63) is 0 Å². The number of rotatable bonds is 5. The number of ketones is 1. The highest BCUT2D eigenvalue weighted by Gasteiger charge is 2.61. The van der Waals surface area contributed by atoms with Gasteiger partial charge in [0.05, 0.1) is 0 Å². The van der Waals surface area contributed by atoms with Crippen LogP contribution in [0.1, 0.15) is 92.4 Å². The molecule has 4 heteroatoms. The Morgan fingerprint density at radius 2 is 1.65 bits per heavy atom. The third-order valence-electron chi connectivity index (χ3n) is 10.7. The van der Waals surface area contributed by atoms with Crippen LogP contribution in [-0.2, 0) is 14.3 Å². The molecule has 0 amide bonds. The van der Waals surface area contributed by atoms with Crippen molar-refractivity contribution in [1.82, 2.24) is 0 Å². The second-order valence-corrected chi connectivity index (χ2v) is 12.6. The standard InChI is InChI=1S/C27H45NO3/c1-16(2)24(28)25(30)31-15-23(29)22-9-8-20-19-7-6-18-14-17(3)10-12-26(18,4)21(19)11-13-27(20,22)5/h16-22,24H,6-15,28H2,1-5H3/t17-,18?,19?,20?,21?,22+,24?,26?,27-/m0/s1. The second kappa shape index (κ2) is 8.47. The number of carbonyl (C=O) groups excluding carboxylic acids is 2. The summed E-state index contributed by atoms with van der Waals surface area (Å²) in [5.74, 6) is 3.82. The molecule has 4 aliphatic rings. The van der Waals surface area contributed by atoms with Crippen LogP contribution in [-0.4, -0.2) is 24.4 Å². The van der Waals surface area contributed by atoms with E-state index in [1.165, 1.54) is 44.9 Å². The van der Waals surface area contributed by atoms with Gasteiger partial charge in [-0.05, 0) is 97.7 Å². The molecule has 176 valence electrons. The predicted octanol–water partition coefficient (Wildman–Crippen LogP) is 5.38. The van der Waals surface area contributed by atoms with Gasteiger partial charge in [-0.15, -0.1) is 0 Å². The van der Waals surface area contributed by atoms with Crippen molar-refractivity contribution in [3.63, 3.8) is 0 Å². The molecule has 31 heavy (non-hydrogen) atoms. The van der Waals surface area contributed by atoms with Crippen LogP contribution in [0.15, 0.2) is 0 Å². The summed E-state index contributed by atoms with van der Waals surface area (Å²) in [6.45, 7) is 11.1. The molecule has 0 aromatic heterocycles. The van der Waals surface area contributed by atoms with Gasteiger partial charge in [-0.3, -0.25) is 9.59 Å². The maximum atomic E-state index is 13.2. The third kappa shape index (κ3) is 3.89. The molecule has 4 nitrogen and oxygen atoms in total. The molecule has 4 rings (SSSR count). The molecule has 0 heterocycles. The molecular weight excluding hydrogens is 386 g/mol. The summed E-state index contributed by atoms with van der Waals surface area (Å²) >= 11 is 0. The molecule has 4 saturated carbocycles. The number of hydrogen-bond donors (Lipinski definition) is 1. The maximum absolute atomic E-state index is 13.2. The average molecular weight is 432 g/mol. The number of ether oxygens (including phenoxy) is 1. The first kappa shape index (κ1) is 23.3. The zero-order valence-corrected chi connectivity index (χ0v) is 20.5. The number of Topliss-reactive ketones (excluding diaryl/α,β-unsaturated/α-hetero) is 1. The van der Waals surface area contributed by atoms with Gasteiger partial charge in [0.2, 0.25) is 0 Å². The zero-order chi connectivity index (χ0) is 22.6. The molecule has 0 radical (unpaired) electrons. The molecule has 0 aromatic carbocycles. The maximum Gasteiger partial charge on any atom is 0.323 e. The van der Waals surface area contributed by atoms with Crippen molar-refractivity contribution in [2.45, 2.75) is 98.4 Å². The lowest BCUT2D eigenvalue weighted by Gasteiger charge is -2.61. The quantitative estimate of drug-likeness (QED) is 0.594. The Hall–Kier alpha value is -0.900. The molecule has 6 unspecified atom stereocenters. The lowest BCUT2D eigenvalue weighted by molar-refractivity contribution is -0.154. The minimum absolute atomic E-state index is 0.0190. The summed E-state index contributed by atoms with van der Waals surface area (Å²) in [5, 5.41) is 0. The Labute approximate surface area is 189 Å². The van der Waals surface area contributed by atoms with Gasteiger partial charge in [0.15, 0.2) is 5.78 Å². The van der Waals surface area contributed by atoms with Crippen LogP contribution in [0.4, 0.5) is 0 Å². The van der Waals surface area contributed by atoms with Gasteiger partial charge in [-0.25, -0.2) is 0 Å². The number of nitrogens with two attached hydrogens (primary N) is 1. The van der Waals surface area contributed by atoms with Crippen LogP contribution in [0.25, 0.3) is 0 Å². The Morgan fingerprint density at radius 1 is 0.968 bits per heavy atom. The molecule has 0 bridgehead atoms. The normalized spacial score (nSPS) is 45.4. The largest absolute Gasteiger partial charge is 0.457 e. The minimum atomic E-state index is -0.649. The van der Waals surface area contributed by atoms with Crippen molar-refractivity contribution in [2.24, 2.45) is 58.0 Å². The summed E-state index contributed by atoms with van der Waals surface area (Å²) in [5.41, 5.74) is 6.49. The van der Waals surface area contributed by atoms with E-state index in [9.17, 15) is 9.59 Å². The lowest BCUT2D eigenvalue weighted by Crippen LogP contribution is -2.53. The van der Waals surface area contributed by atoms with E-state index in [4.69, 9.17) is 10.5 Å². The SMILES string of the molecule is CC(C)C(N)C(=O)OCC(=O)[C@H]1CCC2C3CCC4C[C@@H](C)CCC4(C)C3CC[C@@]21C. The van der Waals surface area contributed by atoms with Crippen molar-refractivity contribution in [1.29, 1.82) is 0 Å². The summed E-state index contributed by atoms with van der Waals surface area (Å²) < 4.78 is 5.35. The third-order valence-corrected chi connectivity index (χ3v) is 10.7. The van der Waals surface area contributed by atoms with Gasteiger partial charge in [-0.2, -0.15) is 0 Å². The fraction of sp³-hybridized carbons (Fsp3) is 0.926.